The molecule has 4 rings (SSSR count). The summed E-state index contributed by atoms with van der Waals surface area (Å²) in [5, 5.41) is 22.5. The van der Waals surface area contributed by atoms with E-state index in [0.717, 1.165) is 11.4 Å². The van der Waals surface area contributed by atoms with Gasteiger partial charge in [0.15, 0.2) is 0 Å². The Labute approximate surface area is 221 Å². The SMILES string of the molecule is O=C(CCCCC(=O)Nc1ccc(N=Nc2ccccc2)cc1)Nc1ccc(N=Nc2ccccc2)cc1. The summed E-state index contributed by atoms with van der Waals surface area (Å²) in [6, 6.07) is 33.3. The number of rotatable bonds is 11. The van der Waals surface area contributed by atoms with Gasteiger partial charge in [0.05, 0.1) is 22.7 Å². The summed E-state index contributed by atoms with van der Waals surface area (Å²) < 4.78 is 0. The zero-order valence-corrected chi connectivity index (χ0v) is 20.8. The van der Waals surface area contributed by atoms with Gasteiger partial charge in [-0.2, -0.15) is 20.5 Å². The summed E-state index contributed by atoms with van der Waals surface area (Å²) in [7, 11) is 0. The van der Waals surface area contributed by atoms with Crippen molar-refractivity contribution in [2.45, 2.75) is 25.7 Å². The number of amides is 2. The standard InChI is InChI=1S/C30H28N6O2/c37-29(31-23-15-19-27(20-16-23)35-33-25-9-3-1-4-10-25)13-7-8-14-30(38)32-24-17-21-28(22-18-24)36-34-26-11-5-2-6-12-26/h1-6,9-12,15-22H,7-8,13-14H2,(H,31,37)(H,32,38). The topological polar surface area (TPSA) is 108 Å². The highest BCUT2D eigenvalue weighted by molar-refractivity contribution is 5.91. The Morgan fingerprint density at radius 1 is 0.447 bits per heavy atom. The van der Waals surface area contributed by atoms with Crippen molar-refractivity contribution in [3.8, 4) is 0 Å². The molecule has 0 spiro atoms. The number of hydrogen-bond donors (Lipinski definition) is 2. The third-order valence-electron chi connectivity index (χ3n) is 5.43. The molecule has 2 N–H and O–H groups in total. The van der Waals surface area contributed by atoms with E-state index in [-0.39, 0.29) is 11.8 Å². The minimum absolute atomic E-state index is 0.0932. The third kappa shape index (κ3) is 8.91. The van der Waals surface area contributed by atoms with Gasteiger partial charge in [0, 0.05) is 24.2 Å². The smallest absolute Gasteiger partial charge is 0.224 e. The van der Waals surface area contributed by atoms with Crippen LogP contribution in [0.3, 0.4) is 0 Å². The molecule has 0 saturated carbocycles. The molecule has 190 valence electrons. The van der Waals surface area contributed by atoms with Gasteiger partial charge in [-0.05, 0) is 85.6 Å². The minimum Gasteiger partial charge on any atom is -0.326 e. The Morgan fingerprint density at radius 2 is 0.763 bits per heavy atom. The molecule has 0 bridgehead atoms. The van der Waals surface area contributed by atoms with E-state index in [0.29, 0.717) is 48.4 Å². The summed E-state index contributed by atoms with van der Waals surface area (Å²) in [6.07, 6.45) is 1.90. The number of benzene rings is 4. The predicted molar refractivity (Wildman–Crippen MR) is 150 cm³/mol. The van der Waals surface area contributed by atoms with Crippen molar-refractivity contribution >= 4 is 45.9 Å². The molecule has 0 aliphatic heterocycles. The number of azo groups is 2. The summed E-state index contributed by atoms with van der Waals surface area (Å²) in [6.45, 7) is 0. The Morgan fingerprint density at radius 3 is 1.11 bits per heavy atom. The van der Waals surface area contributed by atoms with Crippen molar-refractivity contribution in [2.75, 3.05) is 10.6 Å². The van der Waals surface area contributed by atoms with Gasteiger partial charge in [-0.25, -0.2) is 0 Å². The molecular weight excluding hydrogens is 476 g/mol. The molecule has 0 unspecified atom stereocenters. The van der Waals surface area contributed by atoms with E-state index in [9.17, 15) is 9.59 Å². The lowest BCUT2D eigenvalue weighted by Crippen LogP contribution is -2.13. The fourth-order valence-corrected chi connectivity index (χ4v) is 3.46. The molecule has 0 saturated heterocycles. The zero-order valence-electron chi connectivity index (χ0n) is 20.8. The van der Waals surface area contributed by atoms with Crippen LogP contribution >= 0.6 is 0 Å². The highest BCUT2D eigenvalue weighted by atomic mass is 16.2. The zero-order chi connectivity index (χ0) is 26.4. The van der Waals surface area contributed by atoms with Crippen LogP contribution in [0.25, 0.3) is 0 Å². The molecule has 0 aromatic heterocycles. The molecule has 0 aliphatic carbocycles. The van der Waals surface area contributed by atoms with Crippen LogP contribution in [0.2, 0.25) is 0 Å². The maximum atomic E-state index is 12.2. The Balaban J connectivity index is 1.12. The second-order valence-electron chi connectivity index (χ2n) is 8.47. The molecule has 38 heavy (non-hydrogen) atoms. The van der Waals surface area contributed by atoms with E-state index < -0.39 is 0 Å². The molecular formula is C30H28N6O2. The van der Waals surface area contributed by atoms with Crippen LogP contribution in [0.5, 0.6) is 0 Å². The van der Waals surface area contributed by atoms with Gasteiger partial charge in [0.2, 0.25) is 11.8 Å². The number of nitrogens with one attached hydrogen (secondary N) is 2. The molecule has 4 aromatic rings. The third-order valence-corrected chi connectivity index (χ3v) is 5.43. The molecule has 2 amide bonds. The Hall–Kier alpha value is -4.98. The Kier molecular flexibility index (Phi) is 9.57. The van der Waals surface area contributed by atoms with Crippen LogP contribution < -0.4 is 10.6 Å². The summed E-state index contributed by atoms with van der Waals surface area (Å²) >= 11 is 0. The van der Waals surface area contributed by atoms with Gasteiger partial charge in [-0.3, -0.25) is 9.59 Å². The maximum Gasteiger partial charge on any atom is 0.224 e. The molecule has 0 aliphatic rings. The normalized spacial score (nSPS) is 11.1. The number of unbranched alkanes of at least 4 members (excludes halogenated alkanes) is 1. The van der Waals surface area contributed by atoms with Crippen LogP contribution in [-0.2, 0) is 9.59 Å². The van der Waals surface area contributed by atoms with E-state index >= 15 is 0 Å². The predicted octanol–water partition coefficient (Wildman–Crippen LogP) is 8.66. The second-order valence-corrected chi connectivity index (χ2v) is 8.47. The van der Waals surface area contributed by atoms with Gasteiger partial charge in [-0.15, -0.1) is 0 Å². The van der Waals surface area contributed by atoms with Crippen LogP contribution in [0.4, 0.5) is 34.1 Å². The van der Waals surface area contributed by atoms with E-state index in [2.05, 4.69) is 31.1 Å². The number of nitrogens with zero attached hydrogens (tertiary/aromatic N) is 4. The highest BCUT2D eigenvalue weighted by Crippen LogP contribution is 2.21. The number of carbonyl (C=O) groups is 2. The van der Waals surface area contributed by atoms with Crippen molar-refractivity contribution in [3.05, 3.63) is 109 Å². The minimum atomic E-state index is -0.0932. The second kappa shape index (κ2) is 13.9. The van der Waals surface area contributed by atoms with Crippen molar-refractivity contribution in [3.63, 3.8) is 0 Å². The van der Waals surface area contributed by atoms with E-state index in [1.54, 1.807) is 48.5 Å². The average Bonchev–Trinajstić information content (AvgIpc) is 2.96. The first-order valence-electron chi connectivity index (χ1n) is 12.4. The monoisotopic (exact) mass is 504 g/mol. The first-order chi connectivity index (χ1) is 18.6. The quantitative estimate of drug-likeness (QED) is 0.157. The first-order valence-corrected chi connectivity index (χ1v) is 12.4. The fraction of sp³-hybridized carbons (Fsp3) is 0.133. The van der Waals surface area contributed by atoms with Crippen LogP contribution in [0, 0.1) is 0 Å². The largest absolute Gasteiger partial charge is 0.326 e. The molecule has 0 atom stereocenters. The van der Waals surface area contributed by atoms with Gasteiger partial charge in [0.25, 0.3) is 0 Å². The first kappa shape index (κ1) is 26.1. The molecule has 0 radical (unpaired) electrons. The van der Waals surface area contributed by atoms with Crippen molar-refractivity contribution in [2.24, 2.45) is 20.5 Å². The molecule has 0 fully saturated rings. The lowest BCUT2D eigenvalue weighted by atomic mass is 10.1. The number of anilines is 2. The molecule has 0 heterocycles. The lowest BCUT2D eigenvalue weighted by Gasteiger charge is -2.07. The van der Waals surface area contributed by atoms with Crippen LogP contribution in [0.15, 0.2) is 130 Å². The summed E-state index contributed by atoms with van der Waals surface area (Å²) in [5.74, 6) is -0.186. The van der Waals surface area contributed by atoms with Crippen LogP contribution in [0.1, 0.15) is 25.7 Å². The molecule has 8 nitrogen and oxygen atoms in total. The highest BCUT2D eigenvalue weighted by Gasteiger charge is 2.06. The lowest BCUT2D eigenvalue weighted by molar-refractivity contribution is -0.118. The molecule has 8 heteroatoms. The van der Waals surface area contributed by atoms with Crippen LogP contribution in [-0.4, -0.2) is 11.8 Å². The van der Waals surface area contributed by atoms with Gasteiger partial charge in [-0.1, -0.05) is 36.4 Å². The summed E-state index contributed by atoms with van der Waals surface area (Å²) in [5.41, 5.74) is 4.33. The van der Waals surface area contributed by atoms with Gasteiger partial charge < -0.3 is 10.6 Å². The summed E-state index contributed by atoms with van der Waals surface area (Å²) in [4.78, 5) is 24.5. The fourth-order valence-electron chi connectivity index (χ4n) is 3.46. The Bertz CT molecular complexity index is 1260. The van der Waals surface area contributed by atoms with Crippen molar-refractivity contribution in [1.29, 1.82) is 0 Å². The van der Waals surface area contributed by atoms with Gasteiger partial charge in [0.1, 0.15) is 0 Å². The number of hydrogen-bond acceptors (Lipinski definition) is 6. The van der Waals surface area contributed by atoms with Crippen molar-refractivity contribution in [1.82, 2.24) is 0 Å². The molecule has 4 aromatic carbocycles. The van der Waals surface area contributed by atoms with Crippen molar-refractivity contribution < 1.29 is 9.59 Å². The van der Waals surface area contributed by atoms with E-state index in [4.69, 9.17) is 0 Å². The number of carbonyl (C=O) groups excluding carboxylic acids is 2. The maximum absolute atomic E-state index is 12.2. The average molecular weight is 505 g/mol. The van der Waals surface area contributed by atoms with Gasteiger partial charge >= 0.3 is 0 Å². The van der Waals surface area contributed by atoms with E-state index in [1.807, 2.05) is 60.7 Å². The van der Waals surface area contributed by atoms with E-state index in [1.165, 1.54) is 0 Å².